The van der Waals surface area contributed by atoms with Gasteiger partial charge >= 0.3 is 0 Å². The Labute approximate surface area is 70.0 Å². The molecule has 12 heavy (non-hydrogen) atoms. The van der Waals surface area contributed by atoms with Crippen LogP contribution in [0.15, 0.2) is 24.3 Å². The highest BCUT2D eigenvalue weighted by atomic mass is 19.1. The van der Waals surface area contributed by atoms with E-state index < -0.39 is 0 Å². The third-order valence-electron chi connectivity index (χ3n) is 1.37. The molecular formula is C9H9FO2. The van der Waals surface area contributed by atoms with E-state index in [1.807, 2.05) is 0 Å². The Balaban J connectivity index is 2.42. The highest BCUT2D eigenvalue weighted by Crippen LogP contribution is 2.03. The Hall–Kier alpha value is -1.22. The molecule has 0 fully saturated rings. The quantitative estimate of drug-likeness (QED) is 0.503. The van der Waals surface area contributed by atoms with E-state index in [0.717, 1.165) is 5.56 Å². The van der Waals surface area contributed by atoms with Gasteiger partial charge in [-0.2, -0.15) is 0 Å². The summed E-state index contributed by atoms with van der Waals surface area (Å²) in [4.78, 5) is 9.86. The SMILES string of the molecule is O=CCOCc1ccc(F)cc1. The van der Waals surface area contributed by atoms with E-state index in [0.29, 0.717) is 12.9 Å². The van der Waals surface area contributed by atoms with Gasteiger partial charge in [-0.15, -0.1) is 0 Å². The highest BCUT2D eigenvalue weighted by molar-refractivity contribution is 5.50. The zero-order valence-corrected chi connectivity index (χ0v) is 6.50. The molecule has 0 N–H and O–H groups in total. The van der Waals surface area contributed by atoms with Gasteiger partial charge in [0.25, 0.3) is 0 Å². The van der Waals surface area contributed by atoms with Crippen LogP contribution in [0, 0.1) is 5.82 Å². The van der Waals surface area contributed by atoms with Gasteiger partial charge in [0.05, 0.1) is 6.61 Å². The van der Waals surface area contributed by atoms with Crippen molar-refractivity contribution in [1.82, 2.24) is 0 Å². The molecule has 0 saturated heterocycles. The summed E-state index contributed by atoms with van der Waals surface area (Å²) in [6, 6.07) is 5.97. The monoisotopic (exact) mass is 168 g/mol. The third-order valence-corrected chi connectivity index (χ3v) is 1.37. The molecule has 0 unspecified atom stereocenters. The predicted molar refractivity (Wildman–Crippen MR) is 42.1 cm³/mol. The fraction of sp³-hybridized carbons (Fsp3) is 0.222. The zero-order valence-electron chi connectivity index (χ0n) is 6.50. The van der Waals surface area contributed by atoms with Crippen LogP contribution in [0.1, 0.15) is 5.56 Å². The largest absolute Gasteiger partial charge is 0.369 e. The number of rotatable bonds is 4. The summed E-state index contributed by atoms with van der Waals surface area (Å²) in [6.07, 6.45) is 0.684. The Morgan fingerprint density at radius 3 is 2.58 bits per heavy atom. The average Bonchev–Trinajstić information content (AvgIpc) is 2.09. The third kappa shape index (κ3) is 2.80. The smallest absolute Gasteiger partial charge is 0.145 e. The summed E-state index contributed by atoms with van der Waals surface area (Å²) < 4.78 is 17.3. The van der Waals surface area contributed by atoms with Gasteiger partial charge in [0.1, 0.15) is 18.7 Å². The molecule has 0 radical (unpaired) electrons. The first-order valence-electron chi connectivity index (χ1n) is 3.59. The maximum absolute atomic E-state index is 12.4. The normalized spacial score (nSPS) is 9.75. The Bertz CT molecular complexity index is 243. The number of aldehydes is 1. The fourth-order valence-corrected chi connectivity index (χ4v) is 0.806. The lowest BCUT2D eigenvalue weighted by Crippen LogP contribution is -1.95. The zero-order chi connectivity index (χ0) is 8.81. The molecule has 0 aliphatic rings. The van der Waals surface area contributed by atoms with E-state index in [2.05, 4.69) is 0 Å². The molecule has 0 amide bonds. The lowest BCUT2D eigenvalue weighted by molar-refractivity contribution is -0.112. The summed E-state index contributed by atoms with van der Waals surface area (Å²) in [5.41, 5.74) is 0.859. The van der Waals surface area contributed by atoms with E-state index in [9.17, 15) is 9.18 Å². The molecule has 0 aromatic heterocycles. The first-order valence-corrected chi connectivity index (χ1v) is 3.59. The molecule has 0 heterocycles. The average molecular weight is 168 g/mol. The predicted octanol–water partition coefficient (Wildman–Crippen LogP) is 1.54. The van der Waals surface area contributed by atoms with Crippen LogP contribution in [-0.2, 0) is 16.1 Å². The molecular weight excluding hydrogens is 159 g/mol. The Morgan fingerprint density at radius 1 is 1.33 bits per heavy atom. The fourth-order valence-electron chi connectivity index (χ4n) is 0.806. The van der Waals surface area contributed by atoms with Crippen LogP contribution in [0.25, 0.3) is 0 Å². The second-order valence-corrected chi connectivity index (χ2v) is 2.31. The van der Waals surface area contributed by atoms with E-state index in [1.54, 1.807) is 12.1 Å². The second-order valence-electron chi connectivity index (χ2n) is 2.31. The van der Waals surface area contributed by atoms with Crippen LogP contribution in [0.4, 0.5) is 4.39 Å². The van der Waals surface area contributed by atoms with Gasteiger partial charge in [-0.05, 0) is 17.7 Å². The van der Waals surface area contributed by atoms with Crippen LogP contribution in [0.5, 0.6) is 0 Å². The van der Waals surface area contributed by atoms with E-state index in [-0.39, 0.29) is 12.4 Å². The summed E-state index contributed by atoms with van der Waals surface area (Å²) in [6.45, 7) is 0.427. The number of ether oxygens (including phenoxy) is 1. The van der Waals surface area contributed by atoms with Crippen molar-refractivity contribution in [3.8, 4) is 0 Å². The number of benzene rings is 1. The first kappa shape index (κ1) is 8.87. The molecule has 0 spiro atoms. The van der Waals surface area contributed by atoms with E-state index in [4.69, 9.17) is 4.74 Å². The molecule has 0 atom stereocenters. The molecule has 0 aliphatic heterocycles. The van der Waals surface area contributed by atoms with Crippen molar-refractivity contribution < 1.29 is 13.9 Å². The number of hydrogen-bond donors (Lipinski definition) is 0. The van der Waals surface area contributed by atoms with Crippen LogP contribution in [-0.4, -0.2) is 12.9 Å². The topological polar surface area (TPSA) is 26.3 Å². The van der Waals surface area contributed by atoms with Crippen LogP contribution in [0.2, 0.25) is 0 Å². The molecule has 1 rings (SSSR count). The van der Waals surface area contributed by atoms with Crippen molar-refractivity contribution in [3.63, 3.8) is 0 Å². The van der Waals surface area contributed by atoms with Gasteiger partial charge in [-0.25, -0.2) is 4.39 Å². The van der Waals surface area contributed by atoms with E-state index in [1.165, 1.54) is 12.1 Å². The minimum Gasteiger partial charge on any atom is -0.369 e. The molecule has 3 heteroatoms. The molecule has 64 valence electrons. The summed E-state index contributed by atoms with van der Waals surface area (Å²) in [7, 11) is 0. The van der Waals surface area contributed by atoms with Crippen LogP contribution >= 0.6 is 0 Å². The van der Waals surface area contributed by atoms with Crippen molar-refractivity contribution in [3.05, 3.63) is 35.6 Å². The van der Waals surface area contributed by atoms with Gasteiger partial charge in [-0.3, -0.25) is 0 Å². The maximum Gasteiger partial charge on any atom is 0.145 e. The minimum absolute atomic E-state index is 0.0807. The first-order chi connectivity index (χ1) is 5.83. The Kier molecular flexibility index (Phi) is 3.41. The van der Waals surface area contributed by atoms with Crippen molar-refractivity contribution in [2.45, 2.75) is 6.61 Å². The lowest BCUT2D eigenvalue weighted by atomic mass is 10.2. The highest BCUT2D eigenvalue weighted by Gasteiger charge is 1.92. The van der Waals surface area contributed by atoms with Crippen LogP contribution in [0.3, 0.4) is 0 Å². The lowest BCUT2D eigenvalue weighted by Gasteiger charge is -1.99. The van der Waals surface area contributed by atoms with Crippen molar-refractivity contribution in [1.29, 1.82) is 0 Å². The number of carbonyl (C=O) groups is 1. The van der Waals surface area contributed by atoms with E-state index >= 15 is 0 Å². The molecule has 1 aromatic rings. The Morgan fingerprint density at radius 2 is 2.00 bits per heavy atom. The minimum atomic E-state index is -0.269. The standard InChI is InChI=1S/C9H9FO2/c10-9-3-1-8(2-4-9)7-12-6-5-11/h1-5H,6-7H2. The van der Waals surface area contributed by atoms with Gasteiger partial charge in [0, 0.05) is 0 Å². The second kappa shape index (κ2) is 4.62. The molecule has 0 bridgehead atoms. The van der Waals surface area contributed by atoms with Gasteiger partial charge < -0.3 is 9.53 Å². The molecule has 2 nitrogen and oxygen atoms in total. The van der Waals surface area contributed by atoms with Gasteiger partial charge in [0.2, 0.25) is 0 Å². The number of carbonyl (C=O) groups excluding carboxylic acids is 1. The molecule has 0 saturated carbocycles. The van der Waals surface area contributed by atoms with Gasteiger partial charge in [-0.1, -0.05) is 12.1 Å². The maximum atomic E-state index is 12.4. The molecule has 1 aromatic carbocycles. The van der Waals surface area contributed by atoms with Crippen molar-refractivity contribution in [2.24, 2.45) is 0 Å². The molecule has 0 aliphatic carbocycles. The van der Waals surface area contributed by atoms with Crippen molar-refractivity contribution >= 4 is 6.29 Å². The number of halogens is 1. The van der Waals surface area contributed by atoms with Gasteiger partial charge in [0.15, 0.2) is 0 Å². The van der Waals surface area contributed by atoms with Crippen molar-refractivity contribution in [2.75, 3.05) is 6.61 Å². The summed E-state index contributed by atoms with van der Waals surface area (Å²) in [5, 5.41) is 0. The number of hydrogen-bond acceptors (Lipinski definition) is 2. The summed E-state index contributed by atoms with van der Waals surface area (Å²) in [5.74, 6) is -0.269. The van der Waals surface area contributed by atoms with Crippen LogP contribution < -0.4 is 0 Å². The summed E-state index contributed by atoms with van der Waals surface area (Å²) >= 11 is 0.